The zero-order valence-electron chi connectivity index (χ0n) is 29.0. The smallest absolute Gasteiger partial charge is 0.249 e. The van der Waals surface area contributed by atoms with E-state index in [4.69, 9.17) is 4.74 Å². The SMILES string of the molecule is O=C1CCC(Nc2ccccc2CN2CCN(C3CCN(c4ccc(C5c6ccc(O)cc6OCC5c5ccccc5)cc4)CC3)CC2)C(=O)N1. The van der Waals surface area contributed by atoms with E-state index in [9.17, 15) is 14.7 Å². The second-order valence-electron chi connectivity index (χ2n) is 14.5. The van der Waals surface area contributed by atoms with Crippen LogP contribution in [0, 0.1) is 0 Å². The summed E-state index contributed by atoms with van der Waals surface area (Å²) in [6, 6.07) is 33.8. The molecule has 0 bridgehead atoms. The summed E-state index contributed by atoms with van der Waals surface area (Å²) in [5.41, 5.74) is 7.09. The van der Waals surface area contributed by atoms with Crippen molar-refractivity contribution in [3.63, 3.8) is 0 Å². The third-order valence-corrected chi connectivity index (χ3v) is 11.4. The van der Waals surface area contributed by atoms with Crippen LogP contribution in [0.15, 0.2) is 97.1 Å². The summed E-state index contributed by atoms with van der Waals surface area (Å²) in [5, 5.41) is 16.0. The summed E-state index contributed by atoms with van der Waals surface area (Å²) in [6.45, 7) is 7.69. The van der Waals surface area contributed by atoms with Crippen molar-refractivity contribution in [1.29, 1.82) is 0 Å². The van der Waals surface area contributed by atoms with Crippen LogP contribution in [-0.2, 0) is 16.1 Å². The number of carbonyl (C=O) groups excluding carboxylic acids is 2. The number of piperidine rings is 2. The highest BCUT2D eigenvalue weighted by molar-refractivity contribution is 6.01. The van der Waals surface area contributed by atoms with E-state index in [2.05, 4.69) is 92.1 Å². The lowest BCUT2D eigenvalue weighted by atomic mass is 9.76. The van der Waals surface area contributed by atoms with Gasteiger partial charge in [-0.2, -0.15) is 0 Å². The number of anilines is 2. The predicted molar refractivity (Wildman–Crippen MR) is 199 cm³/mol. The Labute approximate surface area is 300 Å². The van der Waals surface area contributed by atoms with E-state index in [0.717, 1.165) is 75.7 Å². The standard InChI is InChI=1S/C42H47N5O4/c48-34-14-15-35-39(26-34)51-28-36(29-6-2-1-3-7-29)41(35)30-10-12-32(13-11-30)46-20-18-33(19-21-46)47-24-22-45(23-25-47)27-31-8-4-5-9-37(31)43-38-16-17-40(49)44-42(38)50/h1-15,26,33,36,38,41,43,48H,16-25,27-28H2,(H,44,49,50). The molecule has 3 saturated heterocycles. The average molecular weight is 686 g/mol. The zero-order valence-corrected chi connectivity index (χ0v) is 29.0. The maximum absolute atomic E-state index is 12.3. The molecule has 4 heterocycles. The minimum atomic E-state index is -0.378. The molecular formula is C42H47N5O4. The van der Waals surface area contributed by atoms with Gasteiger partial charge in [-0.25, -0.2) is 0 Å². The number of ether oxygens (including phenoxy) is 1. The Morgan fingerprint density at radius 1 is 0.784 bits per heavy atom. The summed E-state index contributed by atoms with van der Waals surface area (Å²) in [7, 11) is 0. The van der Waals surface area contributed by atoms with Crippen LogP contribution >= 0.6 is 0 Å². The van der Waals surface area contributed by atoms with Crippen LogP contribution in [-0.4, -0.2) is 84.7 Å². The highest BCUT2D eigenvalue weighted by Gasteiger charge is 2.34. The number of aromatic hydroxyl groups is 1. The number of carbonyl (C=O) groups is 2. The van der Waals surface area contributed by atoms with Crippen molar-refractivity contribution in [1.82, 2.24) is 15.1 Å². The molecule has 3 fully saturated rings. The quantitative estimate of drug-likeness (QED) is 0.203. The van der Waals surface area contributed by atoms with Gasteiger partial charge < -0.3 is 20.1 Å². The van der Waals surface area contributed by atoms with Gasteiger partial charge >= 0.3 is 0 Å². The van der Waals surface area contributed by atoms with E-state index >= 15 is 0 Å². The fraction of sp³-hybridized carbons (Fsp3) is 0.381. The lowest BCUT2D eigenvalue weighted by Crippen LogP contribution is -2.53. The number of hydrogen-bond donors (Lipinski definition) is 3. The van der Waals surface area contributed by atoms with Crippen molar-refractivity contribution in [2.75, 3.05) is 56.1 Å². The first-order valence-corrected chi connectivity index (χ1v) is 18.5. The van der Waals surface area contributed by atoms with Gasteiger partial charge in [0.15, 0.2) is 0 Å². The molecule has 4 aromatic carbocycles. The number of rotatable bonds is 8. The van der Waals surface area contributed by atoms with Crippen LogP contribution in [0.5, 0.6) is 11.5 Å². The van der Waals surface area contributed by atoms with Crippen molar-refractivity contribution >= 4 is 23.2 Å². The number of para-hydroxylation sites is 1. The lowest BCUT2D eigenvalue weighted by Gasteiger charge is -2.43. The Bertz CT molecular complexity index is 1830. The minimum Gasteiger partial charge on any atom is -0.508 e. The molecule has 3 unspecified atom stereocenters. The number of benzene rings is 4. The summed E-state index contributed by atoms with van der Waals surface area (Å²) < 4.78 is 6.17. The molecule has 3 N–H and O–H groups in total. The van der Waals surface area contributed by atoms with Gasteiger partial charge in [-0.3, -0.25) is 24.7 Å². The number of nitrogens with zero attached hydrogens (tertiary/aromatic N) is 3. The first-order valence-electron chi connectivity index (χ1n) is 18.5. The number of phenolic OH excluding ortho intramolecular Hbond substituents is 1. The summed E-state index contributed by atoms with van der Waals surface area (Å²) in [6.07, 6.45) is 3.21. The lowest BCUT2D eigenvalue weighted by molar-refractivity contribution is -0.133. The molecule has 0 aromatic heterocycles. The molecular weight excluding hydrogens is 638 g/mol. The molecule has 2 amide bonds. The third kappa shape index (κ3) is 7.32. The van der Waals surface area contributed by atoms with E-state index < -0.39 is 0 Å². The molecule has 4 aliphatic heterocycles. The van der Waals surface area contributed by atoms with Gasteiger partial charge in [-0.15, -0.1) is 0 Å². The third-order valence-electron chi connectivity index (χ3n) is 11.4. The van der Waals surface area contributed by atoms with Crippen molar-refractivity contribution in [3.05, 3.63) is 119 Å². The van der Waals surface area contributed by atoms with E-state index in [1.165, 1.54) is 22.4 Å². The molecule has 4 aromatic rings. The number of nitrogens with one attached hydrogen (secondary N) is 2. The van der Waals surface area contributed by atoms with Gasteiger partial charge in [0, 0.05) is 93.1 Å². The Balaban J connectivity index is 0.858. The predicted octanol–water partition coefficient (Wildman–Crippen LogP) is 5.70. The van der Waals surface area contributed by atoms with Gasteiger partial charge in [-0.1, -0.05) is 66.7 Å². The second kappa shape index (κ2) is 14.8. The molecule has 0 spiro atoms. The largest absolute Gasteiger partial charge is 0.508 e. The van der Waals surface area contributed by atoms with E-state index in [-0.39, 0.29) is 35.4 Å². The fourth-order valence-electron chi connectivity index (χ4n) is 8.53. The summed E-state index contributed by atoms with van der Waals surface area (Å²) in [4.78, 5) is 31.7. The first-order chi connectivity index (χ1) is 25.0. The molecule has 0 aliphatic carbocycles. The monoisotopic (exact) mass is 685 g/mol. The Morgan fingerprint density at radius 2 is 1.53 bits per heavy atom. The summed E-state index contributed by atoms with van der Waals surface area (Å²) >= 11 is 0. The van der Waals surface area contributed by atoms with Crippen LogP contribution < -0.4 is 20.3 Å². The molecule has 51 heavy (non-hydrogen) atoms. The first kappa shape index (κ1) is 33.3. The molecule has 9 nitrogen and oxygen atoms in total. The van der Waals surface area contributed by atoms with Gasteiger partial charge in [-0.05, 0) is 60.2 Å². The van der Waals surface area contributed by atoms with Crippen LogP contribution in [0.4, 0.5) is 11.4 Å². The summed E-state index contributed by atoms with van der Waals surface area (Å²) in [5.74, 6) is 0.903. The van der Waals surface area contributed by atoms with Crippen molar-refractivity contribution in [2.45, 2.75) is 56.1 Å². The van der Waals surface area contributed by atoms with E-state index in [0.29, 0.717) is 25.5 Å². The molecule has 8 rings (SSSR count). The molecule has 9 heteroatoms. The highest BCUT2D eigenvalue weighted by Crippen LogP contribution is 2.47. The van der Waals surface area contributed by atoms with E-state index in [1.54, 1.807) is 12.1 Å². The normalized spacial score (nSPS) is 23.3. The number of fused-ring (bicyclic) bond motifs is 1. The van der Waals surface area contributed by atoms with Gasteiger partial charge in [0.2, 0.25) is 11.8 Å². The maximum Gasteiger partial charge on any atom is 0.249 e. The maximum atomic E-state index is 12.3. The van der Waals surface area contributed by atoms with Gasteiger partial charge in [0.25, 0.3) is 0 Å². The molecule has 3 atom stereocenters. The minimum absolute atomic E-state index is 0.144. The molecule has 4 aliphatic rings. The average Bonchev–Trinajstić information content (AvgIpc) is 3.17. The van der Waals surface area contributed by atoms with Crippen LogP contribution in [0.25, 0.3) is 0 Å². The molecule has 0 radical (unpaired) electrons. The van der Waals surface area contributed by atoms with Crippen LogP contribution in [0.3, 0.4) is 0 Å². The van der Waals surface area contributed by atoms with Crippen molar-refractivity contribution < 1.29 is 19.4 Å². The Morgan fingerprint density at radius 3 is 2.29 bits per heavy atom. The number of piperazine rings is 1. The Hall–Kier alpha value is -4.86. The Kier molecular flexibility index (Phi) is 9.65. The number of amides is 2. The molecule has 0 saturated carbocycles. The number of hydrogen-bond acceptors (Lipinski definition) is 8. The van der Waals surface area contributed by atoms with Gasteiger partial charge in [0.1, 0.15) is 17.5 Å². The number of phenols is 1. The van der Waals surface area contributed by atoms with Crippen molar-refractivity contribution in [3.8, 4) is 11.5 Å². The van der Waals surface area contributed by atoms with Crippen LogP contribution in [0.2, 0.25) is 0 Å². The number of imide groups is 1. The molecule has 264 valence electrons. The van der Waals surface area contributed by atoms with Crippen LogP contribution in [0.1, 0.15) is 59.8 Å². The topological polar surface area (TPSA) is 97.4 Å². The van der Waals surface area contributed by atoms with Gasteiger partial charge in [0.05, 0.1) is 6.61 Å². The van der Waals surface area contributed by atoms with Crippen molar-refractivity contribution in [2.24, 2.45) is 0 Å². The second-order valence-corrected chi connectivity index (χ2v) is 14.5. The highest BCUT2D eigenvalue weighted by atomic mass is 16.5. The zero-order chi connectivity index (χ0) is 34.7. The fourth-order valence-corrected chi connectivity index (χ4v) is 8.53. The van der Waals surface area contributed by atoms with E-state index in [1.807, 2.05) is 18.2 Å².